The molecule has 0 bridgehead atoms. The molecule has 3 aromatic rings. The molecule has 2 aromatic heterocycles. The van der Waals surface area contributed by atoms with E-state index in [4.69, 9.17) is 4.42 Å². The first-order valence-corrected chi connectivity index (χ1v) is 11.5. The van der Waals surface area contributed by atoms with E-state index >= 15 is 0 Å². The summed E-state index contributed by atoms with van der Waals surface area (Å²) in [5.41, 5.74) is 6.28. The third kappa shape index (κ3) is 5.39. The molecule has 3 rings (SSSR count). The van der Waals surface area contributed by atoms with Gasteiger partial charge in [-0.25, -0.2) is 0 Å². The van der Waals surface area contributed by atoms with Crippen LogP contribution in [0.25, 0.3) is 11.4 Å². The molecule has 1 amide bonds. The molecule has 0 spiro atoms. The highest BCUT2D eigenvalue weighted by atomic mass is 32.2. The van der Waals surface area contributed by atoms with Crippen molar-refractivity contribution in [1.29, 1.82) is 0 Å². The van der Waals surface area contributed by atoms with E-state index in [1.807, 2.05) is 24.6 Å². The van der Waals surface area contributed by atoms with E-state index in [1.54, 1.807) is 6.26 Å². The highest BCUT2D eigenvalue weighted by molar-refractivity contribution is 7.99. The molecular formula is C24H32N4O2S. The van der Waals surface area contributed by atoms with Crippen LogP contribution in [-0.4, -0.2) is 33.0 Å². The number of aromatic nitrogens is 3. The van der Waals surface area contributed by atoms with Crippen molar-refractivity contribution in [2.75, 3.05) is 12.3 Å². The summed E-state index contributed by atoms with van der Waals surface area (Å²) in [7, 11) is 1.90. The number of hydrogen-bond donors (Lipinski definition) is 1. The maximum absolute atomic E-state index is 12.4. The number of rotatable bonds is 7. The average molecular weight is 441 g/mol. The van der Waals surface area contributed by atoms with Crippen LogP contribution in [0.2, 0.25) is 0 Å². The Hall–Kier alpha value is -2.54. The molecule has 0 radical (unpaired) electrons. The number of furan rings is 1. The zero-order valence-electron chi connectivity index (χ0n) is 19.5. The number of thioether (sulfide) groups is 1. The van der Waals surface area contributed by atoms with E-state index in [0.29, 0.717) is 17.5 Å². The number of carbonyl (C=O) groups excluding carboxylic acids is 1. The summed E-state index contributed by atoms with van der Waals surface area (Å²) in [5.74, 6) is 1.83. The molecule has 7 heteroatoms. The Morgan fingerprint density at radius 3 is 2.42 bits per heavy atom. The molecule has 0 aliphatic carbocycles. The maximum atomic E-state index is 12.4. The lowest BCUT2D eigenvalue weighted by Crippen LogP contribution is -2.27. The Morgan fingerprint density at radius 1 is 1.16 bits per heavy atom. The number of benzene rings is 1. The summed E-state index contributed by atoms with van der Waals surface area (Å²) in [4.78, 5) is 12.4. The van der Waals surface area contributed by atoms with Crippen LogP contribution in [0.3, 0.4) is 0 Å². The smallest absolute Gasteiger partial charge is 0.230 e. The van der Waals surface area contributed by atoms with Gasteiger partial charge in [0.05, 0.1) is 17.6 Å². The molecule has 31 heavy (non-hydrogen) atoms. The lowest BCUT2D eigenvalue weighted by Gasteiger charge is -2.22. The number of nitrogens with zero attached hydrogens (tertiary/aromatic N) is 3. The van der Waals surface area contributed by atoms with Crippen LogP contribution in [0, 0.1) is 20.8 Å². The SMILES string of the molecule is Cc1cc(C(C)(C)C)cc(C)c1CCNC(=O)CSc1nnc(-c2ccoc2C)n1C. The Balaban J connectivity index is 1.53. The topological polar surface area (TPSA) is 73.0 Å². The van der Waals surface area contributed by atoms with Crippen molar-refractivity contribution in [3.8, 4) is 11.4 Å². The fourth-order valence-corrected chi connectivity index (χ4v) is 4.36. The van der Waals surface area contributed by atoms with Crippen molar-refractivity contribution in [1.82, 2.24) is 20.1 Å². The van der Waals surface area contributed by atoms with E-state index in [1.165, 1.54) is 34.0 Å². The molecule has 6 nitrogen and oxygen atoms in total. The summed E-state index contributed by atoms with van der Waals surface area (Å²) < 4.78 is 7.24. The highest BCUT2D eigenvalue weighted by Gasteiger charge is 2.17. The molecule has 1 N–H and O–H groups in total. The van der Waals surface area contributed by atoms with E-state index in [0.717, 1.165) is 23.6 Å². The molecule has 0 aliphatic heterocycles. The van der Waals surface area contributed by atoms with Crippen LogP contribution < -0.4 is 5.32 Å². The fraction of sp³-hybridized carbons (Fsp3) is 0.458. The van der Waals surface area contributed by atoms with Gasteiger partial charge >= 0.3 is 0 Å². The van der Waals surface area contributed by atoms with Crippen molar-refractivity contribution in [3.05, 3.63) is 52.5 Å². The number of nitrogens with one attached hydrogen (secondary N) is 1. The molecule has 1 aromatic carbocycles. The Morgan fingerprint density at radius 2 is 1.84 bits per heavy atom. The molecule has 2 heterocycles. The van der Waals surface area contributed by atoms with Crippen molar-refractivity contribution in [2.24, 2.45) is 7.05 Å². The summed E-state index contributed by atoms with van der Waals surface area (Å²) in [6, 6.07) is 6.42. The minimum Gasteiger partial charge on any atom is -0.469 e. The van der Waals surface area contributed by atoms with Gasteiger partial charge in [-0.1, -0.05) is 44.7 Å². The van der Waals surface area contributed by atoms with Crippen LogP contribution in [0.1, 0.15) is 48.8 Å². The standard InChI is InChI=1S/C24H32N4O2S/c1-15-12-18(24(4,5)6)13-16(2)19(15)8-10-25-21(29)14-31-23-27-26-22(28(23)7)20-9-11-30-17(20)3/h9,11-13H,8,10,14H2,1-7H3,(H,25,29). The first-order valence-electron chi connectivity index (χ1n) is 10.5. The zero-order valence-corrected chi connectivity index (χ0v) is 20.3. The van der Waals surface area contributed by atoms with Gasteiger partial charge in [0.15, 0.2) is 11.0 Å². The van der Waals surface area contributed by atoms with Gasteiger partial charge in [-0.15, -0.1) is 10.2 Å². The first kappa shape index (κ1) is 23.1. The molecule has 0 atom stereocenters. The minimum atomic E-state index is -0.00402. The van der Waals surface area contributed by atoms with Crippen LogP contribution in [-0.2, 0) is 23.7 Å². The van der Waals surface area contributed by atoms with Gasteiger partial charge in [-0.3, -0.25) is 4.79 Å². The average Bonchev–Trinajstić information content (AvgIpc) is 3.26. The second-order valence-electron chi connectivity index (χ2n) is 8.98. The van der Waals surface area contributed by atoms with Gasteiger partial charge in [0.2, 0.25) is 5.91 Å². The fourth-order valence-electron chi connectivity index (χ4n) is 3.62. The van der Waals surface area contributed by atoms with Crippen molar-refractivity contribution in [2.45, 2.75) is 58.5 Å². The normalized spacial score (nSPS) is 11.7. The van der Waals surface area contributed by atoms with Gasteiger partial charge in [-0.2, -0.15) is 0 Å². The van der Waals surface area contributed by atoms with E-state index in [-0.39, 0.29) is 11.3 Å². The van der Waals surface area contributed by atoms with Crippen molar-refractivity contribution in [3.63, 3.8) is 0 Å². The predicted octanol–water partition coefficient (Wildman–Crippen LogP) is 4.75. The third-order valence-electron chi connectivity index (χ3n) is 5.53. The van der Waals surface area contributed by atoms with Crippen molar-refractivity contribution >= 4 is 17.7 Å². The predicted molar refractivity (Wildman–Crippen MR) is 125 cm³/mol. The van der Waals surface area contributed by atoms with Crippen LogP contribution in [0.4, 0.5) is 0 Å². The first-order chi connectivity index (χ1) is 14.6. The second kappa shape index (κ2) is 9.30. The van der Waals surface area contributed by atoms with E-state index in [2.05, 4.69) is 62.3 Å². The number of aryl methyl sites for hydroxylation is 3. The number of amides is 1. The zero-order chi connectivity index (χ0) is 22.8. The quantitative estimate of drug-likeness (QED) is 0.537. The minimum absolute atomic E-state index is 0.00402. The molecule has 0 fully saturated rings. The van der Waals surface area contributed by atoms with Gasteiger partial charge in [0, 0.05) is 13.6 Å². The van der Waals surface area contributed by atoms with Crippen LogP contribution in [0.15, 0.2) is 34.0 Å². The van der Waals surface area contributed by atoms with Gasteiger partial charge in [0.1, 0.15) is 5.76 Å². The van der Waals surface area contributed by atoms with Gasteiger partial charge < -0.3 is 14.3 Å². The summed E-state index contributed by atoms with van der Waals surface area (Å²) >= 11 is 1.38. The molecule has 0 saturated carbocycles. The lowest BCUT2D eigenvalue weighted by molar-refractivity contribution is -0.118. The lowest BCUT2D eigenvalue weighted by atomic mass is 9.83. The Kier molecular flexibility index (Phi) is 6.94. The molecule has 0 unspecified atom stereocenters. The van der Waals surface area contributed by atoms with Gasteiger partial charge in [0.25, 0.3) is 0 Å². The summed E-state index contributed by atoms with van der Waals surface area (Å²) in [6.07, 6.45) is 2.46. The van der Waals surface area contributed by atoms with Crippen LogP contribution >= 0.6 is 11.8 Å². The Labute approximate surface area is 188 Å². The van der Waals surface area contributed by atoms with E-state index < -0.39 is 0 Å². The Bertz CT molecular complexity index is 1050. The highest BCUT2D eigenvalue weighted by Crippen LogP contribution is 2.27. The molecule has 0 aliphatic rings. The molecule has 0 saturated heterocycles. The molecule has 166 valence electrons. The number of hydrogen-bond acceptors (Lipinski definition) is 5. The summed E-state index contributed by atoms with van der Waals surface area (Å²) in [6.45, 7) is 13.5. The second-order valence-corrected chi connectivity index (χ2v) is 9.93. The maximum Gasteiger partial charge on any atom is 0.230 e. The van der Waals surface area contributed by atoms with Gasteiger partial charge in [-0.05, 0) is 60.9 Å². The largest absolute Gasteiger partial charge is 0.469 e. The van der Waals surface area contributed by atoms with E-state index in [9.17, 15) is 4.79 Å². The number of carbonyl (C=O) groups is 1. The van der Waals surface area contributed by atoms with Crippen LogP contribution in [0.5, 0.6) is 0 Å². The summed E-state index contributed by atoms with van der Waals surface area (Å²) in [5, 5.41) is 12.2. The third-order valence-corrected chi connectivity index (χ3v) is 6.55. The monoisotopic (exact) mass is 440 g/mol. The van der Waals surface area contributed by atoms with Crippen molar-refractivity contribution < 1.29 is 9.21 Å². The molecular weight excluding hydrogens is 408 g/mol.